The lowest BCUT2D eigenvalue weighted by atomic mass is 10.2. The Hall–Kier alpha value is -0.633. The molecule has 1 aromatic heterocycles. The van der Waals surface area contributed by atoms with E-state index in [1.54, 1.807) is 0 Å². The van der Waals surface area contributed by atoms with E-state index in [1.807, 2.05) is 0 Å². The molecule has 0 saturated carbocycles. The fraction of sp³-hybridized carbons (Fsp3) is 0.444. The van der Waals surface area contributed by atoms with Crippen molar-refractivity contribution in [2.75, 3.05) is 0 Å². The predicted octanol–water partition coefficient (Wildman–Crippen LogP) is 0.227. The van der Waals surface area contributed by atoms with Crippen LogP contribution < -0.4 is 4.57 Å². The number of pyridine rings is 1. The molecule has 0 aliphatic heterocycles. The summed E-state index contributed by atoms with van der Waals surface area (Å²) in [4.78, 5) is 0. The first-order valence-electron chi connectivity index (χ1n) is 4.28. The molecule has 0 aliphatic carbocycles. The van der Waals surface area contributed by atoms with Gasteiger partial charge in [-0.3, -0.25) is 0 Å². The molecule has 0 N–H and O–H groups in total. The summed E-state index contributed by atoms with van der Waals surface area (Å²) in [7, 11) is 3.45. The molecule has 0 radical (unpaired) electrons. The molecular formula is C9H16NSi+. The van der Waals surface area contributed by atoms with E-state index in [0.717, 1.165) is 0 Å². The summed E-state index contributed by atoms with van der Waals surface area (Å²) in [5.74, 6) is 0. The standard InChI is InChI=1S/C9H16NSi/c1-10-7-3-2-5-9(10)6-4-8-11/h2-3,5,7H,4,6,8H2,1,11H3/q+1. The molecule has 0 atom stereocenters. The summed E-state index contributed by atoms with van der Waals surface area (Å²) in [5, 5.41) is 0. The van der Waals surface area contributed by atoms with Crippen LogP contribution in [0.5, 0.6) is 0 Å². The molecule has 1 nitrogen and oxygen atoms in total. The number of aromatic nitrogens is 1. The van der Waals surface area contributed by atoms with Gasteiger partial charge in [-0.25, -0.2) is 4.57 Å². The quantitative estimate of drug-likeness (QED) is 0.447. The van der Waals surface area contributed by atoms with Gasteiger partial charge in [-0.1, -0.05) is 12.1 Å². The second-order valence-electron chi connectivity index (χ2n) is 2.91. The van der Waals surface area contributed by atoms with Gasteiger partial charge in [0.05, 0.1) is 0 Å². The van der Waals surface area contributed by atoms with E-state index in [-0.39, 0.29) is 0 Å². The third kappa shape index (κ3) is 2.46. The Balaban J connectivity index is 2.62. The van der Waals surface area contributed by atoms with Crippen LogP contribution >= 0.6 is 0 Å². The highest BCUT2D eigenvalue weighted by molar-refractivity contribution is 6.08. The molecule has 0 bridgehead atoms. The molecule has 1 heterocycles. The summed E-state index contributed by atoms with van der Waals surface area (Å²) in [6, 6.07) is 7.80. The van der Waals surface area contributed by atoms with E-state index in [2.05, 4.69) is 36.0 Å². The van der Waals surface area contributed by atoms with E-state index in [9.17, 15) is 0 Å². The van der Waals surface area contributed by atoms with Crippen molar-refractivity contribution in [3.8, 4) is 0 Å². The lowest BCUT2D eigenvalue weighted by Gasteiger charge is -1.96. The average Bonchev–Trinajstić information content (AvgIpc) is 2.03. The van der Waals surface area contributed by atoms with Crippen molar-refractivity contribution in [3.63, 3.8) is 0 Å². The van der Waals surface area contributed by atoms with Crippen molar-refractivity contribution in [1.82, 2.24) is 0 Å². The Morgan fingerprint density at radius 3 is 2.91 bits per heavy atom. The smallest absolute Gasteiger partial charge is 0.181 e. The van der Waals surface area contributed by atoms with Crippen molar-refractivity contribution in [2.45, 2.75) is 18.9 Å². The molecule has 0 aromatic carbocycles. The zero-order chi connectivity index (χ0) is 8.10. The van der Waals surface area contributed by atoms with Gasteiger partial charge >= 0.3 is 0 Å². The number of hydrogen-bond donors (Lipinski definition) is 0. The third-order valence-corrected chi connectivity index (χ3v) is 2.66. The van der Waals surface area contributed by atoms with Gasteiger partial charge in [0.2, 0.25) is 0 Å². The molecule has 0 unspecified atom stereocenters. The number of nitrogens with zero attached hydrogens (tertiary/aromatic N) is 1. The second kappa shape index (κ2) is 4.29. The molecule has 1 rings (SSSR count). The van der Waals surface area contributed by atoms with Crippen LogP contribution in [0, 0.1) is 0 Å². The van der Waals surface area contributed by atoms with Gasteiger partial charge in [0, 0.05) is 28.8 Å². The van der Waals surface area contributed by atoms with Crippen molar-refractivity contribution in [1.29, 1.82) is 0 Å². The van der Waals surface area contributed by atoms with Crippen LogP contribution in [0.2, 0.25) is 6.04 Å². The monoisotopic (exact) mass is 166 g/mol. The third-order valence-electron chi connectivity index (χ3n) is 1.95. The van der Waals surface area contributed by atoms with Gasteiger partial charge in [0.1, 0.15) is 7.05 Å². The minimum atomic E-state index is 1.24. The maximum absolute atomic E-state index is 2.21. The minimum Gasteiger partial charge on any atom is -0.205 e. The highest BCUT2D eigenvalue weighted by Gasteiger charge is 2.01. The lowest BCUT2D eigenvalue weighted by molar-refractivity contribution is -0.679. The second-order valence-corrected chi connectivity index (χ2v) is 3.91. The van der Waals surface area contributed by atoms with E-state index in [1.165, 1.54) is 34.8 Å². The Labute approximate surface area is 71.5 Å². The van der Waals surface area contributed by atoms with E-state index >= 15 is 0 Å². The number of hydrogen-bond acceptors (Lipinski definition) is 0. The summed E-state index contributed by atoms with van der Waals surface area (Å²) >= 11 is 0. The molecule has 60 valence electrons. The van der Waals surface area contributed by atoms with E-state index in [0.29, 0.717) is 0 Å². The van der Waals surface area contributed by atoms with Gasteiger partial charge in [0.25, 0.3) is 0 Å². The minimum absolute atomic E-state index is 1.24. The van der Waals surface area contributed by atoms with Crippen LogP contribution in [0.15, 0.2) is 24.4 Å². The fourth-order valence-corrected chi connectivity index (χ4v) is 1.53. The van der Waals surface area contributed by atoms with Gasteiger partial charge in [0.15, 0.2) is 11.9 Å². The van der Waals surface area contributed by atoms with Crippen LogP contribution in [-0.4, -0.2) is 10.2 Å². The fourth-order valence-electron chi connectivity index (χ4n) is 1.18. The highest BCUT2D eigenvalue weighted by atomic mass is 28.1. The van der Waals surface area contributed by atoms with Gasteiger partial charge in [-0.2, -0.15) is 0 Å². The van der Waals surface area contributed by atoms with Gasteiger partial charge in [-0.05, 0) is 6.42 Å². The van der Waals surface area contributed by atoms with Crippen LogP contribution in [0.3, 0.4) is 0 Å². The Kier molecular flexibility index (Phi) is 3.30. The first-order chi connectivity index (χ1) is 5.34. The zero-order valence-corrected chi connectivity index (χ0v) is 9.38. The molecular weight excluding hydrogens is 150 g/mol. The molecule has 0 aliphatic rings. The van der Waals surface area contributed by atoms with E-state index < -0.39 is 0 Å². The molecule has 0 spiro atoms. The van der Waals surface area contributed by atoms with Crippen LogP contribution in [0.4, 0.5) is 0 Å². The first kappa shape index (κ1) is 8.46. The maximum atomic E-state index is 2.21. The topological polar surface area (TPSA) is 3.88 Å². The van der Waals surface area contributed by atoms with Crippen molar-refractivity contribution >= 4 is 10.2 Å². The summed E-state index contributed by atoms with van der Waals surface area (Å²) in [6.45, 7) is 0. The number of rotatable bonds is 3. The molecule has 11 heavy (non-hydrogen) atoms. The average molecular weight is 166 g/mol. The van der Waals surface area contributed by atoms with Crippen molar-refractivity contribution in [2.24, 2.45) is 7.05 Å². The normalized spacial score (nSPS) is 10.3. The Bertz CT molecular complexity index is 223. The zero-order valence-electron chi connectivity index (χ0n) is 7.38. The van der Waals surface area contributed by atoms with Crippen LogP contribution in [-0.2, 0) is 13.5 Å². The molecule has 2 heteroatoms. The van der Waals surface area contributed by atoms with Crippen molar-refractivity contribution < 1.29 is 4.57 Å². The van der Waals surface area contributed by atoms with Gasteiger partial charge in [-0.15, -0.1) is 0 Å². The SMILES string of the molecule is C[n+]1ccccc1CCC[SiH3]. The largest absolute Gasteiger partial charge is 0.205 e. The van der Waals surface area contributed by atoms with Crippen LogP contribution in [0.1, 0.15) is 12.1 Å². The number of aryl methyl sites for hydroxylation is 2. The Morgan fingerprint density at radius 1 is 1.45 bits per heavy atom. The first-order valence-corrected chi connectivity index (χ1v) is 5.69. The summed E-state index contributed by atoms with van der Waals surface area (Å²) < 4.78 is 2.21. The highest BCUT2D eigenvalue weighted by Crippen LogP contribution is 1.97. The lowest BCUT2D eigenvalue weighted by Crippen LogP contribution is -2.32. The maximum Gasteiger partial charge on any atom is 0.181 e. The molecule has 0 fully saturated rings. The predicted molar refractivity (Wildman–Crippen MR) is 50.7 cm³/mol. The molecule has 0 saturated heterocycles. The summed E-state index contributed by atoms with van der Waals surface area (Å²) in [6.07, 6.45) is 4.70. The van der Waals surface area contributed by atoms with E-state index in [4.69, 9.17) is 0 Å². The van der Waals surface area contributed by atoms with Crippen LogP contribution in [0.25, 0.3) is 0 Å². The summed E-state index contributed by atoms with van der Waals surface area (Å²) in [5.41, 5.74) is 1.45. The molecule has 0 amide bonds. The molecule has 1 aromatic rings. The van der Waals surface area contributed by atoms with Crippen molar-refractivity contribution in [3.05, 3.63) is 30.1 Å². The Morgan fingerprint density at radius 2 is 2.27 bits per heavy atom. The van der Waals surface area contributed by atoms with Gasteiger partial charge < -0.3 is 0 Å².